The van der Waals surface area contributed by atoms with Crippen molar-refractivity contribution in [3.05, 3.63) is 48.5 Å². The molecule has 150 valence electrons. The molecule has 2 atom stereocenters. The summed E-state index contributed by atoms with van der Waals surface area (Å²) in [4.78, 5) is 13.0. The van der Waals surface area contributed by atoms with Crippen molar-refractivity contribution >= 4 is 17.3 Å². The smallest absolute Gasteiger partial charge is 0.249 e. The van der Waals surface area contributed by atoms with Crippen LogP contribution in [0.3, 0.4) is 0 Å². The number of methoxy groups -OCH3 is 2. The number of benzene rings is 2. The number of amides is 1. The molecule has 1 amide bonds. The zero-order valence-electron chi connectivity index (χ0n) is 16.5. The van der Waals surface area contributed by atoms with Crippen molar-refractivity contribution in [2.75, 3.05) is 31.5 Å². The topological polar surface area (TPSA) is 78.1 Å². The minimum Gasteiger partial charge on any atom is -0.497 e. The van der Waals surface area contributed by atoms with E-state index in [0.717, 1.165) is 17.2 Å². The first-order valence-electron chi connectivity index (χ1n) is 9.07. The fourth-order valence-electron chi connectivity index (χ4n) is 2.97. The van der Waals surface area contributed by atoms with Crippen molar-refractivity contribution < 1.29 is 23.7 Å². The summed E-state index contributed by atoms with van der Waals surface area (Å²) in [6.45, 7) is 3.98. The van der Waals surface area contributed by atoms with Crippen LogP contribution in [-0.4, -0.2) is 44.7 Å². The SMILES string of the molecule is COc1ccc(NC(=O)[C@@H](Nc2ccc(OC)cc2)[C@H]2COC(C)(C)O2)cc1. The second-order valence-corrected chi connectivity index (χ2v) is 6.94. The number of nitrogens with one attached hydrogen (secondary N) is 2. The van der Waals surface area contributed by atoms with Crippen molar-refractivity contribution in [3.63, 3.8) is 0 Å². The molecule has 0 aliphatic carbocycles. The fraction of sp³-hybridized carbons (Fsp3) is 0.381. The predicted molar refractivity (Wildman–Crippen MR) is 107 cm³/mol. The van der Waals surface area contributed by atoms with E-state index in [1.807, 2.05) is 38.1 Å². The van der Waals surface area contributed by atoms with Crippen LogP contribution in [0, 0.1) is 0 Å². The Morgan fingerprint density at radius 3 is 2.00 bits per heavy atom. The molecule has 1 fully saturated rings. The van der Waals surface area contributed by atoms with Gasteiger partial charge in [-0.05, 0) is 62.4 Å². The normalized spacial score (nSPS) is 18.9. The second kappa shape index (κ2) is 8.50. The van der Waals surface area contributed by atoms with Gasteiger partial charge in [-0.1, -0.05) is 0 Å². The summed E-state index contributed by atoms with van der Waals surface area (Å²) in [6.07, 6.45) is -0.435. The van der Waals surface area contributed by atoms with Gasteiger partial charge in [0, 0.05) is 11.4 Å². The van der Waals surface area contributed by atoms with Crippen LogP contribution in [0.15, 0.2) is 48.5 Å². The summed E-state index contributed by atoms with van der Waals surface area (Å²) in [5.74, 6) is 0.518. The van der Waals surface area contributed by atoms with E-state index in [-0.39, 0.29) is 5.91 Å². The average molecular weight is 386 g/mol. The molecule has 1 heterocycles. The van der Waals surface area contributed by atoms with Crippen molar-refractivity contribution in [3.8, 4) is 11.5 Å². The summed E-state index contributed by atoms with van der Waals surface area (Å²) in [5.41, 5.74) is 1.45. The highest BCUT2D eigenvalue weighted by Crippen LogP contribution is 2.27. The third kappa shape index (κ3) is 4.94. The number of rotatable bonds is 7. The first-order valence-corrected chi connectivity index (χ1v) is 9.07. The molecule has 28 heavy (non-hydrogen) atoms. The lowest BCUT2D eigenvalue weighted by molar-refractivity contribution is -0.143. The summed E-state index contributed by atoms with van der Waals surface area (Å²) in [6, 6.07) is 13.9. The molecule has 7 heteroatoms. The molecule has 0 aromatic heterocycles. The van der Waals surface area contributed by atoms with E-state index in [2.05, 4.69) is 10.6 Å². The number of carbonyl (C=O) groups is 1. The maximum Gasteiger partial charge on any atom is 0.249 e. The molecule has 0 spiro atoms. The van der Waals surface area contributed by atoms with E-state index in [1.165, 1.54) is 0 Å². The molecule has 1 aliphatic rings. The van der Waals surface area contributed by atoms with Crippen LogP contribution in [-0.2, 0) is 14.3 Å². The predicted octanol–water partition coefficient (Wildman–Crippen LogP) is 3.27. The van der Waals surface area contributed by atoms with Crippen molar-refractivity contribution in [1.82, 2.24) is 0 Å². The molecule has 0 unspecified atom stereocenters. The van der Waals surface area contributed by atoms with Crippen LogP contribution in [0.25, 0.3) is 0 Å². The van der Waals surface area contributed by atoms with Crippen molar-refractivity contribution in [2.45, 2.75) is 31.8 Å². The first-order chi connectivity index (χ1) is 13.4. The standard InChI is InChI=1S/C21H26N2O5/c1-21(2)27-13-18(28-21)19(22-14-5-9-16(25-3)10-6-14)20(24)23-15-7-11-17(26-4)12-8-15/h5-12,18-19,22H,13H2,1-4H3,(H,23,24)/t18-,19+/m1/s1. The molecule has 1 aliphatic heterocycles. The van der Waals surface area contributed by atoms with E-state index in [9.17, 15) is 4.79 Å². The Labute approximate surface area is 164 Å². The number of carbonyl (C=O) groups excluding carboxylic acids is 1. The molecule has 2 aromatic rings. The Bertz CT molecular complexity index is 789. The Morgan fingerprint density at radius 2 is 1.54 bits per heavy atom. The monoisotopic (exact) mass is 386 g/mol. The lowest BCUT2D eigenvalue weighted by Crippen LogP contribution is -2.46. The lowest BCUT2D eigenvalue weighted by Gasteiger charge is -2.25. The Hall–Kier alpha value is -2.77. The van der Waals surface area contributed by atoms with Gasteiger partial charge in [-0.3, -0.25) is 4.79 Å². The van der Waals surface area contributed by atoms with Gasteiger partial charge in [0.2, 0.25) is 5.91 Å². The molecular weight excluding hydrogens is 360 g/mol. The second-order valence-electron chi connectivity index (χ2n) is 6.94. The van der Waals surface area contributed by atoms with Crippen LogP contribution in [0.4, 0.5) is 11.4 Å². The zero-order chi connectivity index (χ0) is 20.1. The van der Waals surface area contributed by atoms with Crippen LogP contribution in [0.5, 0.6) is 11.5 Å². The van der Waals surface area contributed by atoms with E-state index >= 15 is 0 Å². The molecule has 2 aromatic carbocycles. The van der Waals surface area contributed by atoms with Gasteiger partial charge in [0.15, 0.2) is 5.79 Å². The Kier molecular flexibility index (Phi) is 6.06. The number of anilines is 2. The highest BCUT2D eigenvalue weighted by molar-refractivity contribution is 5.97. The maximum absolute atomic E-state index is 13.0. The van der Waals surface area contributed by atoms with Gasteiger partial charge in [0.05, 0.1) is 20.8 Å². The summed E-state index contributed by atoms with van der Waals surface area (Å²) >= 11 is 0. The molecule has 0 saturated carbocycles. The fourth-order valence-corrected chi connectivity index (χ4v) is 2.97. The highest BCUT2D eigenvalue weighted by atomic mass is 16.7. The Morgan fingerprint density at radius 1 is 1.00 bits per heavy atom. The van der Waals surface area contributed by atoms with Gasteiger partial charge >= 0.3 is 0 Å². The minimum atomic E-state index is -0.731. The molecular formula is C21H26N2O5. The average Bonchev–Trinajstić information content (AvgIpc) is 3.06. The molecule has 0 bridgehead atoms. The quantitative estimate of drug-likeness (QED) is 0.760. The first kappa shape index (κ1) is 20.0. The number of hydrogen-bond acceptors (Lipinski definition) is 6. The third-order valence-electron chi connectivity index (χ3n) is 4.45. The molecule has 0 radical (unpaired) electrons. The Balaban J connectivity index is 1.76. The largest absolute Gasteiger partial charge is 0.497 e. The molecule has 1 saturated heterocycles. The van der Waals surface area contributed by atoms with Gasteiger partial charge in [-0.15, -0.1) is 0 Å². The van der Waals surface area contributed by atoms with Gasteiger partial charge in [0.1, 0.15) is 23.6 Å². The van der Waals surface area contributed by atoms with Gasteiger partial charge in [0.25, 0.3) is 0 Å². The van der Waals surface area contributed by atoms with Gasteiger partial charge in [-0.25, -0.2) is 0 Å². The molecule has 2 N–H and O–H groups in total. The van der Waals surface area contributed by atoms with E-state index in [0.29, 0.717) is 12.3 Å². The van der Waals surface area contributed by atoms with E-state index in [4.69, 9.17) is 18.9 Å². The lowest BCUT2D eigenvalue weighted by atomic mass is 10.1. The van der Waals surface area contributed by atoms with Crippen molar-refractivity contribution in [2.24, 2.45) is 0 Å². The maximum atomic E-state index is 13.0. The van der Waals surface area contributed by atoms with Crippen LogP contribution >= 0.6 is 0 Å². The van der Waals surface area contributed by atoms with E-state index in [1.54, 1.807) is 38.5 Å². The number of ether oxygens (including phenoxy) is 4. The van der Waals surface area contributed by atoms with Crippen LogP contribution < -0.4 is 20.1 Å². The van der Waals surface area contributed by atoms with Crippen molar-refractivity contribution in [1.29, 1.82) is 0 Å². The summed E-state index contributed by atoms with van der Waals surface area (Å²) in [7, 11) is 3.21. The highest BCUT2D eigenvalue weighted by Gasteiger charge is 2.40. The zero-order valence-corrected chi connectivity index (χ0v) is 16.5. The van der Waals surface area contributed by atoms with Crippen LogP contribution in [0.2, 0.25) is 0 Å². The van der Waals surface area contributed by atoms with Crippen LogP contribution in [0.1, 0.15) is 13.8 Å². The summed E-state index contributed by atoms with van der Waals surface area (Å²) < 4.78 is 21.9. The number of hydrogen-bond donors (Lipinski definition) is 2. The molecule has 3 rings (SSSR count). The minimum absolute atomic E-state index is 0.215. The van der Waals surface area contributed by atoms with Gasteiger partial charge < -0.3 is 29.6 Å². The molecule has 7 nitrogen and oxygen atoms in total. The summed E-state index contributed by atoms with van der Waals surface area (Å²) in [5, 5.41) is 6.18. The van der Waals surface area contributed by atoms with E-state index < -0.39 is 17.9 Å². The van der Waals surface area contributed by atoms with Gasteiger partial charge in [-0.2, -0.15) is 0 Å². The third-order valence-corrected chi connectivity index (χ3v) is 4.45.